The molecule has 0 radical (unpaired) electrons. The van der Waals surface area contributed by atoms with Crippen molar-refractivity contribution >= 4 is 24.3 Å². The van der Waals surface area contributed by atoms with Crippen LogP contribution in [0, 0.1) is 37.1 Å². The minimum absolute atomic E-state index is 0.115. The summed E-state index contributed by atoms with van der Waals surface area (Å²) in [6.07, 6.45) is 15.9. The highest BCUT2D eigenvalue weighted by atomic mass is 19.2. The third-order valence-electron chi connectivity index (χ3n) is 10.9. The van der Waals surface area contributed by atoms with Crippen LogP contribution in [-0.2, 0) is 13.1 Å². The largest absolute Gasteiger partial charge is 0.479 e. The first kappa shape index (κ1) is 41.6. The Morgan fingerprint density at radius 3 is 1.36 bits per heavy atom. The topological polar surface area (TPSA) is 141 Å². The molecule has 0 saturated carbocycles. The van der Waals surface area contributed by atoms with Crippen LogP contribution in [-0.4, -0.2) is 72.8 Å². The monoisotopic (exact) mass is 868 g/mol. The van der Waals surface area contributed by atoms with Crippen LogP contribution in [0.25, 0.3) is 35.7 Å². The number of rotatable bonds is 10. The highest BCUT2D eigenvalue weighted by Gasteiger charge is 2.29. The summed E-state index contributed by atoms with van der Waals surface area (Å²) < 4.78 is 72.1. The zero-order valence-electron chi connectivity index (χ0n) is 35.1. The van der Waals surface area contributed by atoms with Crippen LogP contribution in [0.5, 0.6) is 11.8 Å². The molecular weight excluding hydrogens is 829 g/mol. The van der Waals surface area contributed by atoms with Crippen molar-refractivity contribution in [1.29, 1.82) is 0 Å². The Kier molecular flexibility index (Phi) is 11.4. The van der Waals surface area contributed by atoms with Crippen LogP contribution >= 0.6 is 0 Å². The number of hydrogen-bond acceptors (Lipinski definition) is 10. The normalized spacial score (nSPS) is 15.4. The molecule has 8 heterocycles. The lowest BCUT2D eigenvalue weighted by molar-refractivity contribution is 0.395. The molecule has 10 rings (SSSR count). The molecule has 18 heteroatoms. The number of aromatic nitrogens is 12. The number of imidazole rings is 2. The second-order valence-corrected chi connectivity index (χ2v) is 15.2. The van der Waals surface area contributed by atoms with Gasteiger partial charge in [-0.05, 0) is 111 Å². The van der Waals surface area contributed by atoms with Crippen molar-refractivity contribution < 1.29 is 27.0 Å². The summed E-state index contributed by atoms with van der Waals surface area (Å²) in [5.74, 6) is -0.144. The van der Waals surface area contributed by atoms with E-state index in [4.69, 9.17) is 9.47 Å². The Hall–Kier alpha value is -7.76. The van der Waals surface area contributed by atoms with Crippen molar-refractivity contribution in [3.8, 4) is 23.1 Å². The van der Waals surface area contributed by atoms with Crippen LogP contribution in [0.1, 0.15) is 81.9 Å². The minimum Gasteiger partial charge on any atom is -0.479 e. The first-order chi connectivity index (χ1) is 31.0. The van der Waals surface area contributed by atoms with E-state index in [0.29, 0.717) is 59.0 Å². The quantitative estimate of drug-likeness (QED) is 0.123. The maximum absolute atomic E-state index is 13.7. The fourth-order valence-electron chi connectivity index (χ4n) is 7.78. The number of nitrogens with zero attached hydrogens (tertiary/aromatic N) is 12. The Morgan fingerprint density at radius 1 is 0.547 bits per heavy atom. The summed E-state index contributed by atoms with van der Waals surface area (Å²) in [7, 11) is 3.14. The van der Waals surface area contributed by atoms with Crippen LogP contribution in [0.4, 0.5) is 17.6 Å². The van der Waals surface area contributed by atoms with E-state index >= 15 is 0 Å². The maximum Gasteiger partial charge on any atom is 0.238 e. The smallest absolute Gasteiger partial charge is 0.238 e. The molecule has 2 unspecified atom stereocenters. The number of pyridine rings is 2. The molecule has 0 bridgehead atoms. The molecule has 8 aromatic rings. The van der Waals surface area contributed by atoms with E-state index < -0.39 is 23.3 Å². The van der Waals surface area contributed by atoms with E-state index in [2.05, 4.69) is 40.1 Å². The van der Waals surface area contributed by atoms with Gasteiger partial charge >= 0.3 is 0 Å². The average Bonchev–Trinajstić information content (AvgIpc) is 4.17. The number of benzene rings is 2. The number of fused-ring (bicyclic) bond motifs is 2. The van der Waals surface area contributed by atoms with Crippen molar-refractivity contribution in [2.75, 3.05) is 14.2 Å². The molecule has 2 aromatic carbocycles. The molecule has 0 spiro atoms. The molecule has 324 valence electrons. The molecule has 0 amide bonds. The van der Waals surface area contributed by atoms with Crippen molar-refractivity contribution in [2.45, 2.75) is 51.6 Å². The molecule has 6 aromatic heterocycles. The summed E-state index contributed by atoms with van der Waals surface area (Å²) in [6, 6.07) is 15.5. The summed E-state index contributed by atoms with van der Waals surface area (Å²) in [5, 5.41) is 9.02. The number of hydrogen-bond donors (Lipinski definition) is 0. The molecular formula is C46H40F4N12O2. The van der Waals surface area contributed by atoms with E-state index in [1.165, 1.54) is 12.1 Å². The maximum atomic E-state index is 13.7. The van der Waals surface area contributed by atoms with Gasteiger partial charge in [0.25, 0.3) is 0 Å². The molecule has 0 fully saturated rings. The van der Waals surface area contributed by atoms with Gasteiger partial charge in [0, 0.05) is 37.3 Å². The Labute approximate surface area is 364 Å². The van der Waals surface area contributed by atoms with E-state index in [9.17, 15) is 17.6 Å². The van der Waals surface area contributed by atoms with Gasteiger partial charge in [0.05, 0.1) is 49.6 Å². The molecule has 0 N–H and O–H groups in total. The minimum atomic E-state index is -0.853. The first-order valence-corrected chi connectivity index (χ1v) is 20.3. The van der Waals surface area contributed by atoms with Crippen LogP contribution < -0.4 is 9.47 Å². The van der Waals surface area contributed by atoms with Gasteiger partial charge in [0.15, 0.2) is 34.9 Å². The highest BCUT2D eigenvalue weighted by molar-refractivity contribution is 5.67. The number of ether oxygens (including phenoxy) is 2. The summed E-state index contributed by atoms with van der Waals surface area (Å²) in [6.45, 7) is 5.18. The zero-order chi connectivity index (χ0) is 44.5. The number of aryl methyl sites for hydroxylation is 4. The molecule has 64 heavy (non-hydrogen) atoms. The van der Waals surface area contributed by atoms with E-state index in [-0.39, 0.29) is 11.8 Å². The van der Waals surface area contributed by atoms with Crippen LogP contribution in [0.15, 0.2) is 85.7 Å². The standard InChI is InChI=1S/2C23H20F2N6O/c2*1-14-12-30(13-26-14)20-7-4-16(27-23(20)32-2)5-8-21-28-22-17(9-10-31(22)29-21)15-3-6-18(24)19(25)11-15/h2*3-8,11-13,17H,9-10H2,1-2H3/b2*8-5+. The second kappa shape index (κ2) is 17.5. The fraction of sp³-hybridized carbons (Fsp3) is 0.217. The van der Waals surface area contributed by atoms with Crippen molar-refractivity contribution in [2.24, 2.45) is 0 Å². The molecule has 14 nitrogen and oxygen atoms in total. The fourth-order valence-corrected chi connectivity index (χ4v) is 7.78. The summed E-state index contributed by atoms with van der Waals surface area (Å²) in [5.41, 5.74) is 6.15. The van der Waals surface area contributed by atoms with Gasteiger partial charge in [-0.25, -0.2) is 56.8 Å². The lowest BCUT2D eigenvalue weighted by atomic mass is 9.97. The van der Waals surface area contributed by atoms with Gasteiger partial charge in [0.1, 0.15) is 23.0 Å². The van der Waals surface area contributed by atoms with Gasteiger partial charge in [-0.1, -0.05) is 12.1 Å². The molecule has 2 aliphatic rings. The molecule has 2 atom stereocenters. The van der Waals surface area contributed by atoms with Crippen molar-refractivity contribution in [3.05, 3.63) is 166 Å². The van der Waals surface area contributed by atoms with Crippen LogP contribution in [0.2, 0.25) is 0 Å². The second-order valence-electron chi connectivity index (χ2n) is 15.2. The summed E-state index contributed by atoms with van der Waals surface area (Å²) >= 11 is 0. The molecule has 0 saturated heterocycles. The van der Waals surface area contributed by atoms with Gasteiger partial charge < -0.3 is 18.6 Å². The third-order valence-corrected chi connectivity index (χ3v) is 10.9. The lowest BCUT2D eigenvalue weighted by Crippen LogP contribution is -2.00. The van der Waals surface area contributed by atoms with Gasteiger partial charge in [0.2, 0.25) is 11.8 Å². The van der Waals surface area contributed by atoms with Gasteiger partial charge in [-0.3, -0.25) is 0 Å². The highest BCUT2D eigenvalue weighted by Crippen LogP contribution is 2.35. The number of halogens is 4. The Bertz CT molecular complexity index is 2860. The van der Waals surface area contributed by atoms with Crippen molar-refractivity contribution in [3.63, 3.8) is 0 Å². The summed E-state index contributed by atoms with van der Waals surface area (Å²) in [4.78, 5) is 26.8. The Morgan fingerprint density at radius 2 is 0.984 bits per heavy atom. The van der Waals surface area contributed by atoms with Crippen molar-refractivity contribution in [1.82, 2.24) is 58.6 Å². The number of methoxy groups -OCH3 is 2. The Balaban J connectivity index is 0.000000162. The molecule has 0 aliphatic carbocycles. The first-order valence-electron chi connectivity index (χ1n) is 20.3. The van der Waals surface area contributed by atoms with E-state index in [0.717, 1.165) is 59.4 Å². The zero-order valence-corrected chi connectivity index (χ0v) is 35.1. The van der Waals surface area contributed by atoms with E-state index in [1.807, 2.05) is 81.2 Å². The van der Waals surface area contributed by atoms with E-state index in [1.54, 1.807) is 51.2 Å². The predicted octanol–water partition coefficient (Wildman–Crippen LogP) is 8.32. The van der Waals surface area contributed by atoms with Gasteiger partial charge in [-0.15, -0.1) is 0 Å². The van der Waals surface area contributed by atoms with Gasteiger partial charge in [-0.2, -0.15) is 10.2 Å². The molecule has 2 aliphatic heterocycles. The van der Waals surface area contributed by atoms with Crippen LogP contribution in [0.3, 0.4) is 0 Å². The lowest BCUT2D eigenvalue weighted by Gasteiger charge is -2.08. The SMILES string of the molecule is COc1nc(/C=C/c2nc3n(n2)CCC3c2ccc(F)c(F)c2)ccc1-n1cnc(C)c1.COc1nc(/C=C/c2nc3n(n2)CCC3c2ccc(F)c(F)c2)ccc1-n1cnc(C)c1. The average molecular weight is 869 g/mol. The third kappa shape index (κ3) is 8.53. The predicted molar refractivity (Wildman–Crippen MR) is 229 cm³/mol.